The van der Waals surface area contributed by atoms with Crippen molar-refractivity contribution in [1.29, 1.82) is 0 Å². The van der Waals surface area contributed by atoms with Crippen molar-refractivity contribution in [1.82, 2.24) is 20.8 Å². The summed E-state index contributed by atoms with van der Waals surface area (Å²) in [5, 5.41) is 7.30. The summed E-state index contributed by atoms with van der Waals surface area (Å²) in [5.41, 5.74) is 5.37. The average Bonchev–Trinajstić information content (AvgIpc) is 2.59. The molecule has 8 nitrogen and oxygen atoms in total. The minimum atomic E-state index is -0.392. The van der Waals surface area contributed by atoms with Crippen molar-refractivity contribution in [2.45, 2.75) is 0 Å². The van der Waals surface area contributed by atoms with E-state index in [9.17, 15) is 9.59 Å². The molecule has 2 rings (SSSR count). The number of pyridine rings is 2. The Labute approximate surface area is 126 Å². The Morgan fingerprint density at radius 1 is 0.864 bits per heavy atom. The van der Waals surface area contributed by atoms with Crippen LogP contribution in [0.1, 0.15) is 20.7 Å². The highest BCUT2D eigenvalue weighted by atomic mass is 16.2. The highest BCUT2D eigenvalue weighted by Gasteiger charge is 2.02. The van der Waals surface area contributed by atoms with Crippen LogP contribution in [0, 0.1) is 0 Å². The molecule has 22 heavy (non-hydrogen) atoms. The lowest BCUT2D eigenvalue weighted by Gasteiger charge is -1.97. The molecule has 0 aliphatic carbocycles. The van der Waals surface area contributed by atoms with Crippen LogP contribution in [-0.4, -0.2) is 34.2 Å². The Hall–Kier alpha value is -3.42. The molecule has 0 spiro atoms. The van der Waals surface area contributed by atoms with Gasteiger partial charge in [0.1, 0.15) is 0 Å². The normalized spacial score (nSPS) is 10.7. The van der Waals surface area contributed by atoms with E-state index in [0.29, 0.717) is 11.1 Å². The van der Waals surface area contributed by atoms with Crippen molar-refractivity contribution in [3.8, 4) is 0 Å². The third-order valence-electron chi connectivity index (χ3n) is 2.40. The number of nitrogens with one attached hydrogen (secondary N) is 2. The van der Waals surface area contributed by atoms with E-state index in [1.54, 1.807) is 36.7 Å². The van der Waals surface area contributed by atoms with Crippen LogP contribution in [0.4, 0.5) is 0 Å². The van der Waals surface area contributed by atoms with E-state index in [4.69, 9.17) is 0 Å². The van der Waals surface area contributed by atoms with Crippen LogP contribution in [0.2, 0.25) is 0 Å². The largest absolute Gasteiger partial charge is 0.272 e. The third kappa shape index (κ3) is 4.60. The van der Waals surface area contributed by atoms with Gasteiger partial charge in [0.15, 0.2) is 0 Å². The standard InChI is InChI=1S/C14H12N6O2/c21-13(11-3-1-5-15-9-11)19-17-7-8-18-20-14(22)12-4-2-6-16-10-12/h1-10H,(H,19,21)(H,20,22)/b17-7-,18-8+. The second-order valence-electron chi connectivity index (χ2n) is 3.92. The molecule has 2 aromatic heterocycles. The van der Waals surface area contributed by atoms with E-state index < -0.39 is 11.8 Å². The van der Waals surface area contributed by atoms with Gasteiger partial charge in [-0.15, -0.1) is 0 Å². The van der Waals surface area contributed by atoms with Crippen LogP contribution < -0.4 is 10.9 Å². The zero-order chi connectivity index (χ0) is 15.6. The van der Waals surface area contributed by atoms with Crippen molar-refractivity contribution in [3.63, 3.8) is 0 Å². The lowest BCUT2D eigenvalue weighted by molar-refractivity contribution is 0.0946. The molecule has 2 heterocycles. The molecule has 8 heteroatoms. The molecular formula is C14H12N6O2. The molecule has 0 aliphatic heterocycles. The zero-order valence-corrected chi connectivity index (χ0v) is 11.4. The molecule has 0 unspecified atom stereocenters. The topological polar surface area (TPSA) is 109 Å². The summed E-state index contributed by atoms with van der Waals surface area (Å²) < 4.78 is 0. The molecule has 2 amide bonds. The first-order chi connectivity index (χ1) is 10.8. The van der Waals surface area contributed by atoms with Crippen molar-refractivity contribution < 1.29 is 9.59 Å². The summed E-state index contributed by atoms with van der Waals surface area (Å²) in [5.74, 6) is -0.783. The minimum Gasteiger partial charge on any atom is -0.267 e. The molecule has 0 aromatic carbocycles. The Bertz CT molecular complexity index is 623. The SMILES string of the molecule is O=C(N/N=C\C=N\NC(=O)c1cccnc1)c1cccnc1. The Balaban J connectivity index is 1.76. The second kappa shape index (κ2) is 8.00. The summed E-state index contributed by atoms with van der Waals surface area (Å²) in [6.45, 7) is 0. The molecule has 0 aliphatic rings. The summed E-state index contributed by atoms with van der Waals surface area (Å²) >= 11 is 0. The van der Waals surface area contributed by atoms with Crippen molar-refractivity contribution in [2.75, 3.05) is 0 Å². The van der Waals surface area contributed by atoms with E-state index in [2.05, 4.69) is 31.0 Å². The highest BCUT2D eigenvalue weighted by Crippen LogP contribution is 1.95. The first-order valence-electron chi connectivity index (χ1n) is 6.23. The Morgan fingerprint density at radius 2 is 1.32 bits per heavy atom. The van der Waals surface area contributed by atoms with Gasteiger partial charge in [0.2, 0.25) is 0 Å². The van der Waals surface area contributed by atoms with E-state index in [1.165, 1.54) is 24.8 Å². The van der Waals surface area contributed by atoms with Crippen molar-refractivity contribution >= 4 is 24.2 Å². The van der Waals surface area contributed by atoms with Gasteiger partial charge in [-0.2, -0.15) is 10.2 Å². The fourth-order valence-electron chi connectivity index (χ4n) is 1.38. The Kier molecular flexibility index (Phi) is 5.45. The maximum absolute atomic E-state index is 11.6. The number of amides is 2. The lowest BCUT2D eigenvalue weighted by Crippen LogP contribution is -2.19. The number of hydrogen-bond acceptors (Lipinski definition) is 6. The van der Waals surface area contributed by atoms with Gasteiger partial charge in [0, 0.05) is 24.8 Å². The summed E-state index contributed by atoms with van der Waals surface area (Å²) in [6.07, 6.45) is 8.45. The second-order valence-corrected chi connectivity index (χ2v) is 3.92. The molecule has 0 saturated carbocycles. The average molecular weight is 296 g/mol. The minimum absolute atomic E-state index is 0.390. The molecule has 2 N–H and O–H groups in total. The fraction of sp³-hybridized carbons (Fsp3) is 0. The van der Waals surface area contributed by atoms with Gasteiger partial charge in [0.05, 0.1) is 23.6 Å². The van der Waals surface area contributed by atoms with Gasteiger partial charge in [-0.3, -0.25) is 19.6 Å². The third-order valence-corrected chi connectivity index (χ3v) is 2.40. The molecule has 0 fully saturated rings. The number of aromatic nitrogens is 2. The monoisotopic (exact) mass is 296 g/mol. The summed E-state index contributed by atoms with van der Waals surface area (Å²) in [4.78, 5) is 30.8. The number of rotatable bonds is 5. The molecule has 0 bridgehead atoms. The number of carbonyl (C=O) groups is 2. The lowest BCUT2D eigenvalue weighted by atomic mass is 10.3. The number of nitrogens with zero attached hydrogens (tertiary/aromatic N) is 4. The van der Waals surface area contributed by atoms with Crippen LogP contribution in [0.5, 0.6) is 0 Å². The van der Waals surface area contributed by atoms with Gasteiger partial charge < -0.3 is 0 Å². The number of hydrogen-bond donors (Lipinski definition) is 2. The predicted molar refractivity (Wildman–Crippen MR) is 80.4 cm³/mol. The zero-order valence-electron chi connectivity index (χ0n) is 11.4. The molecule has 2 aromatic rings. The fourth-order valence-corrected chi connectivity index (χ4v) is 1.38. The number of hydrazone groups is 2. The quantitative estimate of drug-likeness (QED) is 0.622. The molecule has 0 saturated heterocycles. The highest BCUT2D eigenvalue weighted by molar-refractivity contribution is 6.16. The summed E-state index contributed by atoms with van der Waals surface area (Å²) in [7, 11) is 0. The van der Waals surface area contributed by atoms with Gasteiger partial charge >= 0.3 is 0 Å². The Morgan fingerprint density at radius 3 is 1.68 bits per heavy atom. The van der Waals surface area contributed by atoms with Crippen LogP contribution >= 0.6 is 0 Å². The van der Waals surface area contributed by atoms with Gasteiger partial charge in [-0.05, 0) is 24.3 Å². The van der Waals surface area contributed by atoms with Crippen LogP contribution in [0.15, 0.2) is 59.3 Å². The molecular weight excluding hydrogens is 284 g/mol. The number of carbonyl (C=O) groups excluding carboxylic acids is 2. The first-order valence-corrected chi connectivity index (χ1v) is 6.23. The van der Waals surface area contributed by atoms with Crippen LogP contribution in [-0.2, 0) is 0 Å². The van der Waals surface area contributed by atoms with Gasteiger partial charge in [-0.25, -0.2) is 10.9 Å². The van der Waals surface area contributed by atoms with Gasteiger partial charge in [-0.1, -0.05) is 0 Å². The van der Waals surface area contributed by atoms with Crippen molar-refractivity contribution in [3.05, 3.63) is 60.2 Å². The molecule has 0 atom stereocenters. The van der Waals surface area contributed by atoms with E-state index in [0.717, 1.165) is 0 Å². The summed E-state index contributed by atoms with van der Waals surface area (Å²) in [6, 6.07) is 6.52. The smallest absolute Gasteiger partial charge is 0.267 e. The van der Waals surface area contributed by atoms with Gasteiger partial charge in [0.25, 0.3) is 11.8 Å². The predicted octanol–water partition coefficient (Wildman–Crippen LogP) is 0.608. The van der Waals surface area contributed by atoms with Crippen molar-refractivity contribution in [2.24, 2.45) is 10.2 Å². The first kappa shape index (κ1) is 15.0. The molecule has 0 radical (unpaired) electrons. The van der Waals surface area contributed by atoms with E-state index in [1.807, 2.05) is 0 Å². The van der Waals surface area contributed by atoms with Crippen LogP contribution in [0.25, 0.3) is 0 Å². The van der Waals surface area contributed by atoms with E-state index >= 15 is 0 Å². The maximum atomic E-state index is 11.6. The maximum Gasteiger partial charge on any atom is 0.272 e. The molecule has 110 valence electrons. The van der Waals surface area contributed by atoms with E-state index in [-0.39, 0.29) is 0 Å². The van der Waals surface area contributed by atoms with Crippen LogP contribution in [0.3, 0.4) is 0 Å².